The standard InChI is InChI=1S/C7H8N2O3/c1-3-5(7(11)12)8-4(2)9-6(3)10/h1-2H3,(H,11,12)(H,8,9,10). The summed E-state index contributed by atoms with van der Waals surface area (Å²) in [6.45, 7) is 2.96. The van der Waals surface area contributed by atoms with Crippen LogP contribution in [0.4, 0.5) is 0 Å². The quantitative estimate of drug-likeness (QED) is 0.622. The third-order valence-electron chi connectivity index (χ3n) is 1.47. The van der Waals surface area contributed by atoms with Crippen molar-refractivity contribution in [2.75, 3.05) is 0 Å². The lowest BCUT2D eigenvalue weighted by Crippen LogP contribution is -2.19. The molecule has 1 heterocycles. The molecule has 0 saturated carbocycles. The first-order valence-electron chi connectivity index (χ1n) is 3.33. The number of aromatic amines is 1. The zero-order valence-corrected chi connectivity index (χ0v) is 6.71. The summed E-state index contributed by atoms with van der Waals surface area (Å²) < 4.78 is 0. The molecule has 0 bridgehead atoms. The van der Waals surface area contributed by atoms with Gasteiger partial charge in [0.25, 0.3) is 5.56 Å². The molecular weight excluding hydrogens is 160 g/mol. The van der Waals surface area contributed by atoms with Gasteiger partial charge in [0.2, 0.25) is 0 Å². The molecule has 0 aliphatic heterocycles. The molecule has 0 spiro atoms. The molecule has 2 N–H and O–H groups in total. The van der Waals surface area contributed by atoms with Crippen LogP contribution in [0.15, 0.2) is 4.79 Å². The van der Waals surface area contributed by atoms with E-state index in [-0.39, 0.29) is 11.3 Å². The first kappa shape index (κ1) is 8.45. The number of rotatable bonds is 1. The number of carbonyl (C=O) groups is 1. The van der Waals surface area contributed by atoms with Gasteiger partial charge in [-0.2, -0.15) is 0 Å². The molecule has 0 saturated heterocycles. The van der Waals surface area contributed by atoms with E-state index in [9.17, 15) is 9.59 Å². The number of hydrogen-bond acceptors (Lipinski definition) is 3. The smallest absolute Gasteiger partial charge is 0.355 e. The second-order valence-electron chi connectivity index (χ2n) is 2.43. The van der Waals surface area contributed by atoms with E-state index in [1.807, 2.05) is 0 Å². The Morgan fingerprint density at radius 3 is 2.58 bits per heavy atom. The van der Waals surface area contributed by atoms with Crippen LogP contribution in [0.3, 0.4) is 0 Å². The maximum absolute atomic E-state index is 11.0. The van der Waals surface area contributed by atoms with Crippen LogP contribution in [0.2, 0.25) is 0 Å². The molecule has 0 aromatic carbocycles. The minimum Gasteiger partial charge on any atom is -0.476 e. The van der Waals surface area contributed by atoms with Crippen LogP contribution in [0.5, 0.6) is 0 Å². The fraction of sp³-hybridized carbons (Fsp3) is 0.286. The number of hydrogen-bond donors (Lipinski definition) is 2. The Balaban J connectivity index is 3.48. The number of aryl methyl sites for hydroxylation is 1. The first-order valence-corrected chi connectivity index (χ1v) is 3.33. The third-order valence-corrected chi connectivity index (χ3v) is 1.47. The maximum atomic E-state index is 11.0. The molecule has 0 fully saturated rings. The number of aromatic carboxylic acids is 1. The van der Waals surface area contributed by atoms with E-state index < -0.39 is 11.5 Å². The summed E-state index contributed by atoms with van der Waals surface area (Å²) in [6.07, 6.45) is 0. The first-order chi connectivity index (χ1) is 5.52. The van der Waals surface area contributed by atoms with Crippen molar-refractivity contribution in [2.45, 2.75) is 13.8 Å². The van der Waals surface area contributed by atoms with Gasteiger partial charge in [0.1, 0.15) is 5.82 Å². The van der Waals surface area contributed by atoms with Crippen molar-refractivity contribution >= 4 is 5.97 Å². The summed E-state index contributed by atoms with van der Waals surface area (Å²) in [5, 5.41) is 8.60. The predicted octanol–water partition coefficient (Wildman–Crippen LogP) is 0.0849. The fourth-order valence-corrected chi connectivity index (χ4v) is 0.853. The van der Waals surface area contributed by atoms with Crippen molar-refractivity contribution in [3.8, 4) is 0 Å². The molecule has 0 aliphatic rings. The minimum absolute atomic E-state index is 0.133. The Labute approximate surface area is 68.1 Å². The lowest BCUT2D eigenvalue weighted by atomic mass is 10.2. The zero-order chi connectivity index (χ0) is 9.30. The van der Waals surface area contributed by atoms with E-state index in [4.69, 9.17) is 5.11 Å². The lowest BCUT2D eigenvalue weighted by molar-refractivity contribution is 0.0689. The summed E-state index contributed by atoms with van der Waals surface area (Å²) in [7, 11) is 0. The van der Waals surface area contributed by atoms with Gasteiger partial charge in [-0.1, -0.05) is 0 Å². The van der Waals surface area contributed by atoms with Gasteiger partial charge in [0, 0.05) is 5.56 Å². The molecule has 0 amide bonds. The summed E-state index contributed by atoms with van der Waals surface area (Å²) in [5.41, 5.74) is -0.454. The molecule has 0 radical (unpaired) electrons. The van der Waals surface area contributed by atoms with Crippen LogP contribution in [-0.2, 0) is 0 Å². The Morgan fingerprint density at radius 1 is 1.50 bits per heavy atom. The summed E-state index contributed by atoms with van der Waals surface area (Å²) >= 11 is 0. The Kier molecular flexibility index (Phi) is 1.95. The number of H-pyrrole nitrogens is 1. The van der Waals surface area contributed by atoms with Gasteiger partial charge in [-0.25, -0.2) is 9.78 Å². The molecule has 5 nitrogen and oxygen atoms in total. The number of carboxylic acids is 1. The highest BCUT2D eigenvalue weighted by Crippen LogP contribution is 1.97. The van der Waals surface area contributed by atoms with Crippen LogP contribution in [0.25, 0.3) is 0 Å². The highest BCUT2D eigenvalue weighted by atomic mass is 16.4. The average Bonchev–Trinajstić information content (AvgIpc) is 1.96. The SMILES string of the molecule is Cc1nc(C(=O)O)c(C)c(=O)[nH]1. The Morgan fingerprint density at radius 2 is 2.08 bits per heavy atom. The molecule has 1 rings (SSSR count). The van der Waals surface area contributed by atoms with Crippen LogP contribution in [-0.4, -0.2) is 21.0 Å². The van der Waals surface area contributed by atoms with E-state index >= 15 is 0 Å². The van der Waals surface area contributed by atoms with Crippen LogP contribution < -0.4 is 5.56 Å². The predicted molar refractivity (Wildman–Crippen MR) is 41.3 cm³/mol. The number of carboxylic acid groups (broad SMARTS) is 1. The molecule has 1 aromatic rings. The van der Waals surface area contributed by atoms with Gasteiger partial charge in [0.15, 0.2) is 5.69 Å². The molecule has 5 heteroatoms. The van der Waals surface area contributed by atoms with Crippen LogP contribution >= 0.6 is 0 Å². The fourth-order valence-electron chi connectivity index (χ4n) is 0.853. The molecular formula is C7H8N2O3. The maximum Gasteiger partial charge on any atom is 0.355 e. The van der Waals surface area contributed by atoms with Crippen molar-refractivity contribution in [3.05, 3.63) is 27.4 Å². The molecule has 0 unspecified atom stereocenters. The van der Waals surface area contributed by atoms with E-state index in [1.165, 1.54) is 13.8 Å². The van der Waals surface area contributed by atoms with Crippen molar-refractivity contribution in [1.29, 1.82) is 0 Å². The Bertz CT molecular complexity index is 381. The van der Waals surface area contributed by atoms with Crippen LogP contribution in [0.1, 0.15) is 21.9 Å². The number of nitrogens with one attached hydrogen (secondary N) is 1. The van der Waals surface area contributed by atoms with Crippen molar-refractivity contribution in [1.82, 2.24) is 9.97 Å². The molecule has 64 valence electrons. The lowest BCUT2D eigenvalue weighted by Gasteiger charge is -1.98. The average molecular weight is 168 g/mol. The summed E-state index contributed by atoms with van der Waals surface area (Å²) in [4.78, 5) is 27.6. The molecule has 1 aromatic heterocycles. The van der Waals surface area contributed by atoms with E-state index in [0.29, 0.717) is 5.82 Å². The van der Waals surface area contributed by atoms with Gasteiger partial charge >= 0.3 is 5.97 Å². The van der Waals surface area contributed by atoms with Crippen molar-refractivity contribution < 1.29 is 9.90 Å². The minimum atomic E-state index is -1.18. The van der Waals surface area contributed by atoms with Gasteiger partial charge in [0.05, 0.1) is 0 Å². The highest BCUT2D eigenvalue weighted by Gasteiger charge is 2.11. The van der Waals surface area contributed by atoms with Crippen molar-refractivity contribution in [2.24, 2.45) is 0 Å². The second kappa shape index (κ2) is 2.77. The van der Waals surface area contributed by atoms with Gasteiger partial charge in [-0.05, 0) is 13.8 Å². The van der Waals surface area contributed by atoms with Gasteiger partial charge in [-0.15, -0.1) is 0 Å². The van der Waals surface area contributed by atoms with E-state index in [2.05, 4.69) is 9.97 Å². The molecule has 0 aliphatic carbocycles. The topological polar surface area (TPSA) is 83.0 Å². The summed E-state index contributed by atoms with van der Waals surface area (Å²) in [5.74, 6) is -0.871. The van der Waals surface area contributed by atoms with Crippen LogP contribution in [0, 0.1) is 13.8 Å². The largest absolute Gasteiger partial charge is 0.476 e. The molecule has 12 heavy (non-hydrogen) atoms. The Hall–Kier alpha value is -1.65. The van der Waals surface area contributed by atoms with Crippen molar-refractivity contribution in [3.63, 3.8) is 0 Å². The highest BCUT2D eigenvalue weighted by molar-refractivity contribution is 5.86. The van der Waals surface area contributed by atoms with E-state index in [1.54, 1.807) is 0 Å². The molecule has 0 atom stereocenters. The number of nitrogens with zero attached hydrogens (tertiary/aromatic N) is 1. The monoisotopic (exact) mass is 168 g/mol. The summed E-state index contributed by atoms with van der Waals surface area (Å²) in [6, 6.07) is 0. The van der Waals surface area contributed by atoms with Gasteiger partial charge < -0.3 is 10.1 Å². The van der Waals surface area contributed by atoms with E-state index in [0.717, 1.165) is 0 Å². The second-order valence-corrected chi connectivity index (χ2v) is 2.43. The third kappa shape index (κ3) is 1.34. The normalized spacial score (nSPS) is 9.83. The van der Waals surface area contributed by atoms with Gasteiger partial charge in [-0.3, -0.25) is 4.79 Å². The number of aromatic nitrogens is 2. The zero-order valence-electron chi connectivity index (χ0n) is 6.71.